The second kappa shape index (κ2) is 5.19. The SMILES string of the molecule is CC1CCCN(S(=O)(=O)c2cnc(N)nc2)CC1. The maximum atomic E-state index is 12.4. The van der Waals surface area contributed by atoms with Crippen LogP contribution >= 0.6 is 0 Å². The molecular formula is C11H18N4O2S. The van der Waals surface area contributed by atoms with Gasteiger partial charge in [0, 0.05) is 13.1 Å². The van der Waals surface area contributed by atoms with Crippen LogP contribution in [0.3, 0.4) is 0 Å². The third-order valence-electron chi connectivity index (χ3n) is 3.26. The molecule has 0 spiro atoms. The number of sulfonamides is 1. The molecule has 18 heavy (non-hydrogen) atoms. The second-order valence-electron chi connectivity index (χ2n) is 4.72. The van der Waals surface area contributed by atoms with Gasteiger partial charge in [0.1, 0.15) is 4.90 Å². The summed E-state index contributed by atoms with van der Waals surface area (Å²) < 4.78 is 26.2. The Labute approximate surface area is 107 Å². The largest absolute Gasteiger partial charge is 0.368 e. The van der Waals surface area contributed by atoms with E-state index in [1.165, 1.54) is 16.7 Å². The standard InChI is InChI=1S/C11H18N4O2S/c1-9-3-2-5-15(6-4-9)18(16,17)10-7-13-11(12)14-8-10/h7-9H,2-6H2,1H3,(H2,12,13,14). The maximum Gasteiger partial charge on any atom is 0.246 e. The van der Waals surface area contributed by atoms with Crippen LogP contribution in [0.1, 0.15) is 26.2 Å². The fourth-order valence-corrected chi connectivity index (χ4v) is 3.47. The molecule has 0 bridgehead atoms. The fourth-order valence-electron chi connectivity index (χ4n) is 2.09. The minimum atomic E-state index is -3.47. The Morgan fingerprint density at radius 1 is 1.28 bits per heavy atom. The summed E-state index contributed by atoms with van der Waals surface area (Å²) in [5.74, 6) is 0.659. The van der Waals surface area contributed by atoms with Crippen molar-refractivity contribution in [3.8, 4) is 0 Å². The number of rotatable bonds is 2. The summed E-state index contributed by atoms with van der Waals surface area (Å²) >= 11 is 0. The number of nitrogens with zero attached hydrogens (tertiary/aromatic N) is 3. The summed E-state index contributed by atoms with van der Waals surface area (Å²) in [6.07, 6.45) is 5.41. The van der Waals surface area contributed by atoms with Crippen molar-refractivity contribution in [2.24, 2.45) is 5.92 Å². The van der Waals surface area contributed by atoms with E-state index in [-0.39, 0.29) is 10.8 Å². The van der Waals surface area contributed by atoms with Crippen molar-refractivity contribution in [3.63, 3.8) is 0 Å². The highest BCUT2D eigenvalue weighted by molar-refractivity contribution is 7.89. The molecular weight excluding hydrogens is 252 g/mol. The van der Waals surface area contributed by atoms with Crippen molar-refractivity contribution >= 4 is 16.0 Å². The molecule has 0 radical (unpaired) electrons. The van der Waals surface area contributed by atoms with Crippen LogP contribution in [-0.4, -0.2) is 35.8 Å². The molecule has 2 heterocycles. The number of hydrogen-bond acceptors (Lipinski definition) is 5. The van der Waals surface area contributed by atoms with Gasteiger partial charge in [-0.25, -0.2) is 18.4 Å². The van der Waals surface area contributed by atoms with E-state index in [1.54, 1.807) is 0 Å². The van der Waals surface area contributed by atoms with Crippen molar-refractivity contribution in [2.45, 2.75) is 31.1 Å². The summed E-state index contributed by atoms with van der Waals surface area (Å²) in [4.78, 5) is 7.60. The first-order valence-electron chi connectivity index (χ1n) is 6.08. The van der Waals surface area contributed by atoms with E-state index in [4.69, 9.17) is 5.73 Å². The zero-order valence-corrected chi connectivity index (χ0v) is 11.2. The quantitative estimate of drug-likeness (QED) is 0.861. The number of anilines is 1. The smallest absolute Gasteiger partial charge is 0.246 e. The average molecular weight is 270 g/mol. The van der Waals surface area contributed by atoms with Crippen LogP contribution in [0.5, 0.6) is 0 Å². The molecule has 2 rings (SSSR count). The minimum Gasteiger partial charge on any atom is -0.368 e. The Kier molecular flexibility index (Phi) is 3.82. The first-order valence-corrected chi connectivity index (χ1v) is 7.52. The first kappa shape index (κ1) is 13.2. The zero-order chi connectivity index (χ0) is 13.2. The van der Waals surface area contributed by atoms with E-state index in [0.717, 1.165) is 19.3 Å². The molecule has 100 valence electrons. The Balaban J connectivity index is 2.22. The molecule has 1 atom stereocenters. The van der Waals surface area contributed by atoms with Crippen molar-refractivity contribution < 1.29 is 8.42 Å². The zero-order valence-electron chi connectivity index (χ0n) is 10.4. The van der Waals surface area contributed by atoms with Crippen LogP contribution in [0.4, 0.5) is 5.95 Å². The summed E-state index contributed by atoms with van der Waals surface area (Å²) in [6.45, 7) is 3.29. The Bertz CT molecular complexity index is 500. The van der Waals surface area contributed by atoms with Gasteiger partial charge in [0.2, 0.25) is 16.0 Å². The topological polar surface area (TPSA) is 89.2 Å². The molecule has 0 amide bonds. The van der Waals surface area contributed by atoms with Crippen molar-refractivity contribution in [2.75, 3.05) is 18.8 Å². The van der Waals surface area contributed by atoms with Gasteiger partial charge in [-0.1, -0.05) is 6.92 Å². The molecule has 1 aliphatic rings. The van der Waals surface area contributed by atoms with Crippen LogP contribution in [0, 0.1) is 5.92 Å². The third-order valence-corrected chi connectivity index (χ3v) is 5.11. The molecule has 0 aromatic carbocycles. The third kappa shape index (κ3) is 2.78. The summed E-state index contributed by atoms with van der Waals surface area (Å²) in [7, 11) is -3.47. The minimum absolute atomic E-state index is 0.0819. The van der Waals surface area contributed by atoms with E-state index in [0.29, 0.717) is 19.0 Å². The molecule has 1 fully saturated rings. The van der Waals surface area contributed by atoms with Crippen molar-refractivity contribution in [3.05, 3.63) is 12.4 Å². The molecule has 1 aromatic heterocycles. The van der Waals surface area contributed by atoms with Crippen molar-refractivity contribution in [1.82, 2.24) is 14.3 Å². The second-order valence-corrected chi connectivity index (χ2v) is 6.66. The lowest BCUT2D eigenvalue weighted by Gasteiger charge is -2.19. The van der Waals surface area contributed by atoms with Gasteiger partial charge in [0.25, 0.3) is 0 Å². The highest BCUT2D eigenvalue weighted by Crippen LogP contribution is 2.22. The summed E-state index contributed by atoms with van der Waals surface area (Å²) in [5, 5.41) is 0. The van der Waals surface area contributed by atoms with Gasteiger partial charge in [0.15, 0.2) is 0 Å². The normalized spacial score (nSPS) is 22.6. The van der Waals surface area contributed by atoms with Crippen molar-refractivity contribution in [1.29, 1.82) is 0 Å². The van der Waals surface area contributed by atoms with Crippen LogP contribution < -0.4 is 5.73 Å². The molecule has 0 saturated carbocycles. The predicted octanol–water partition coefficient (Wildman–Crippen LogP) is 0.870. The lowest BCUT2D eigenvalue weighted by molar-refractivity contribution is 0.416. The Hall–Kier alpha value is -1.21. The number of nitrogens with two attached hydrogens (primary N) is 1. The Morgan fingerprint density at radius 2 is 1.94 bits per heavy atom. The number of nitrogen functional groups attached to an aromatic ring is 1. The first-order chi connectivity index (χ1) is 8.50. The highest BCUT2D eigenvalue weighted by Gasteiger charge is 2.27. The molecule has 1 aromatic rings. The number of aromatic nitrogens is 2. The molecule has 7 heteroatoms. The predicted molar refractivity (Wildman–Crippen MR) is 68.2 cm³/mol. The number of hydrogen-bond donors (Lipinski definition) is 1. The lowest BCUT2D eigenvalue weighted by Crippen LogP contribution is -2.32. The van der Waals surface area contributed by atoms with Gasteiger partial charge in [-0.15, -0.1) is 0 Å². The van der Waals surface area contributed by atoms with Gasteiger partial charge in [0.05, 0.1) is 12.4 Å². The van der Waals surface area contributed by atoms with Gasteiger partial charge in [-0.2, -0.15) is 4.31 Å². The van der Waals surface area contributed by atoms with E-state index in [1.807, 2.05) is 0 Å². The van der Waals surface area contributed by atoms with Crippen LogP contribution in [-0.2, 0) is 10.0 Å². The molecule has 1 unspecified atom stereocenters. The Morgan fingerprint density at radius 3 is 2.61 bits per heavy atom. The van der Waals surface area contributed by atoms with E-state index >= 15 is 0 Å². The van der Waals surface area contributed by atoms with E-state index < -0.39 is 10.0 Å². The highest BCUT2D eigenvalue weighted by atomic mass is 32.2. The molecule has 0 aliphatic carbocycles. The maximum absolute atomic E-state index is 12.4. The summed E-state index contributed by atoms with van der Waals surface area (Å²) in [5.41, 5.74) is 5.36. The van der Waals surface area contributed by atoms with E-state index in [2.05, 4.69) is 16.9 Å². The van der Waals surface area contributed by atoms with Gasteiger partial charge >= 0.3 is 0 Å². The van der Waals surface area contributed by atoms with Gasteiger partial charge in [-0.05, 0) is 25.2 Å². The van der Waals surface area contributed by atoms with Crippen LogP contribution in [0.25, 0.3) is 0 Å². The van der Waals surface area contributed by atoms with E-state index in [9.17, 15) is 8.42 Å². The summed E-state index contributed by atoms with van der Waals surface area (Å²) in [6, 6.07) is 0. The average Bonchev–Trinajstić information content (AvgIpc) is 2.55. The van der Waals surface area contributed by atoms with Gasteiger partial charge < -0.3 is 5.73 Å². The van der Waals surface area contributed by atoms with Crippen LogP contribution in [0.2, 0.25) is 0 Å². The molecule has 2 N–H and O–H groups in total. The molecule has 1 saturated heterocycles. The van der Waals surface area contributed by atoms with Gasteiger partial charge in [-0.3, -0.25) is 0 Å². The monoisotopic (exact) mass is 270 g/mol. The lowest BCUT2D eigenvalue weighted by atomic mass is 10.0. The molecule has 1 aliphatic heterocycles. The molecule has 6 nitrogen and oxygen atoms in total. The fraction of sp³-hybridized carbons (Fsp3) is 0.636. The van der Waals surface area contributed by atoms with Crippen LogP contribution in [0.15, 0.2) is 17.3 Å².